The van der Waals surface area contributed by atoms with E-state index in [0.29, 0.717) is 23.9 Å². The zero-order valence-corrected chi connectivity index (χ0v) is 15.8. The fourth-order valence-electron chi connectivity index (χ4n) is 5.09. The van der Waals surface area contributed by atoms with Gasteiger partial charge in [0.2, 0.25) is 5.91 Å². The number of hydrogen-bond donors (Lipinski definition) is 1. The summed E-state index contributed by atoms with van der Waals surface area (Å²) in [5, 5.41) is 3.16. The maximum absolute atomic E-state index is 12.5. The zero-order chi connectivity index (χ0) is 18.1. The number of nitrogens with one attached hydrogen (secondary N) is 1. The molecule has 1 heterocycles. The molecule has 0 aromatic heterocycles. The number of ether oxygens (including phenoxy) is 1. The minimum absolute atomic E-state index is 0.0172. The van der Waals surface area contributed by atoms with Crippen LogP contribution in [0.25, 0.3) is 0 Å². The summed E-state index contributed by atoms with van der Waals surface area (Å²) in [5.41, 5.74) is 0. The van der Waals surface area contributed by atoms with Crippen LogP contribution in [0.2, 0.25) is 0 Å². The molecule has 4 atom stereocenters. The van der Waals surface area contributed by atoms with E-state index in [1.54, 1.807) is 30.3 Å². The third-order valence-corrected chi connectivity index (χ3v) is 8.14. The average Bonchev–Trinajstić information content (AvgIpc) is 3.30. The number of carbonyl (C=O) groups excluding carboxylic acids is 1. The largest absolute Gasteiger partial charge is 0.377 e. The smallest absolute Gasteiger partial charge is 0.221 e. The lowest BCUT2D eigenvalue weighted by atomic mass is 9.61. The highest BCUT2D eigenvalue weighted by molar-refractivity contribution is 7.91. The molecule has 2 saturated carbocycles. The Morgan fingerprint density at radius 3 is 2.58 bits per heavy atom. The third-order valence-electron chi connectivity index (χ3n) is 6.41. The predicted molar refractivity (Wildman–Crippen MR) is 98.3 cm³/mol. The van der Waals surface area contributed by atoms with Gasteiger partial charge in [0.1, 0.15) is 0 Å². The average molecular weight is 378 g/mol. The van der Waals surface area contributed by atoms with E-state index in [9.17, 15) is 13.2 Å². The number of rotatable bonds is 6. The predicted octanol–water partition coefficient (Wildman–Crippen LogP) is 2.56. The molecule has 3 fully saturated rings. The molecule has 1 aromatic carbocycles. The van der Waals surface area contributed by atoms with Crippen LogP contribution in [-0.4, -0.2) is 38.8 Å². The van der Waals surface area contributed by atoms with Crippen molar-refractivity contribution >= 4 is 15.7 Å². The van der Waals surface area contributed by atoms with Gasteiger partial charge in [-0.3, -0.25) is 4.79 Å². The topological polar surface area (TPSA) is 72.5 Å². The van der Waals surface area contributed by atoms with E-state index in [4.69, 9.17) is 4.74 Å². The molecule has 142 valence electrons. The van der Waals surface area contributed by atoms with Crippen molar-refractivity contribution in [2.45, 2.75) is 55.6 Å². The highest BCUT2D eigenvalue weighted by Gasteiger charge is 2.56. The standard InChI is InChI=1S/C20H27NO4S/c22-17(11-13-26(23,24)15-8-2-1-3-9-15)21-19-16-10-12-25-20(16)18(19)14-6-4-5-7-14/h1-3,8-9,14,16,18-20H,4-7,10-13H2,(H,21,22)/t16-,18+,19-,20-/m0/s1. The minimum atomic E-state index is -3.41. The molecule has 1 amide bonds. The highest BCUT2D eigenvalue weighted by atomic mass is 32.2. The Morgan fingerprint density at radius 2 is 1.85 bits per heavy atom. The van der Waals surface area contributed by atoms with Crippen LogP contribution in [0.5, 0.6) is 0 Å². The van der Waals surface area contributed by atoms with Gasteiger partial charge < -0.3 is 10.1 Å². The van der Waals surface area contributed by atoms with Crippen LogP contribution in [0.1, 0.15) is 38.5 Å². The fraction of sp³-hybridized carbons (Fsp3) is 0.650. The van der Waals surface area contributed by atoms with Gasteiger partial charge in [-0.25, -0.2) is 8.42 Å². The Kier molecular flexibility index (Phi) is 5.06. The van der Waals surface area contributed by atoms with Crippen LogP contribution in [0, 0.1) is 17.8 Å². The number of benzene rings is 1. The lowest BCUT2D eigenvalue weighted by Gasteiger charge is -2.50. The van der Waals surface area contributed by atoms with E-state index >= 15 is 0 Å². The van der Waals surface area contributed by atoms with Gasteiger partial charge in [-0.05, 0) is 24.5 Å². The molecule has 4 rings (SSSR count). The number of carbonyl (C=O) groups is 1. The summed E-state index contributed by atoms with van der Waals surface area (Å²) in [6.07, 6.45) is 6.32. The van der Waals surface area contributed by atoms with Gasteiger partial charge in [0.05, 0.1) is 16.8 Å². The third kappa shape index (κ3) is 3.41. The van der Waals surface area contributed by atoms with Gasteiger partial charge in [-0.1, -0.05) is 43.9 Å². The molecule has 0 unspecified atom stereocenters. The minimum Gasteiger partial charge on any atom is -0.377 e. The summed E-state index contributed by atoms with van der Waals surface area (Å²) >= 11 is 0. The van der Waals surface area contributed by atoms with Crippen LogP contribution in [0.3, 0.4) is 0 Å². The van der Waals surface area contributed by atoms with E-state index in [1.807, 2.05) is 0 Å². The summed E-state index contributed by atoms with van der Waals surface area (Å²) < 4.78 is 30.6. The molecule has 1 aromatic rings. The number of fused-ring (bicyclic) bond motifs is 1. The van der Waals surface area contributed by atoms with Crippen molar-refractivity contribution < 1.29 is 17.9 Å². The highest BCUT2D eigenvalue weighted by Crippen LogP contribution is 2.51. The van der Waals surface area contributed by atoms with Crippen LogP contribution >= 0.6 is 0 Å². The molecule has 1 N–H and O–H groups in total. The van der Waals surface area contributed by atoms with Gasteiger partial charge in [0.15, 0.2) is 9.84 Å². The van der Waals surface area contributed by atoms with E-state index in [2.05, 4.69) is 5.32 Å². The van der Waals surface area contributed by atoms with E-state index in [0.717, 1.165) is 13.0 Å². The Balaban J connectivity index is 1.35. The molecule has 1 saturated heterocycles. The van der Waals surface area contributed by atoms with Crippen LogP contribution in [0.15, 0.2) is 35.2 Å². The quantitative estimate of drug-likeness (QED) is 0.827. The molecule has 2 aliphatic carbocycles. The molecule has 1 aliphatic heterocycles. The molecule has 0 spiro atoms. The van der Waals surface area contributed by atoms with Crippen LogP contribution in [-0.2, 0) is 19.4 Å². The van der Waals surface area contributed by atoms with Gasteiger partial charge >= 0.3 is 0 Å². The SMILES string of the molecule is O=C(CCS(=O)(=O)c1ccccc1)N[C@H]1[C@@H]2CCO[C@@H]2[C@@H]1C1CCCC1. The molecule has 3 aliphatic rings. The number of hydrogen-bond acceptors (Lipinski definition) is 4. The van der Waals surface area contributed by atoms with Crippen molar-refractivity contribution in [3.8, 4) is 0 Å². The Hall–Kier alpha value is -1.40. The van der Waals surface area contributed by atoms with E-state index in [-0.39, 0.29) is 29.0 Å². The molecule has 6 heteroatoms. The van der Waals surface area contributed by atoms with Crippen molar-refractivity contribution in [3.05, 3.63) is 30.3 Å². The molecule has 26 heavy (non-hydrogen) atoms. The summed E-state index contributed by atoms with van der Waals surface area (Å²) in [6.45, 7) is 0.785. The monoisotopic (exact) mass is 377 g/mol. The first-order valence-corrected chi connectivity index (χ1v) is 11.4. The van der Waals surface area contributed by atoms with E-state index in [1.165, 1.54) is 25.7 Å². The first-order chi connectivity index (χ1) is 12.6. The number of sulfone groups is 1. The lowest BCUT2D eigenvalue weighted by molar-refractivity contribution is -0.129. The molecule has 0 bridgehead atoms. The Labute approximate surface area is 155 Å². The zero-order valence-electron chi connectivity index (χ0n) is 15.0. The molecular weight excluding hydrogens is 350 g/mol. The summed E-state index contributed by atoms with van der Waals surface area (Å²) in [4.78, 5) is 12.7. The van der Waals surface area contributed by atoms with Crippen LogP contribution < -0.4 is 5.32 Å². The first-order valence-electron chi connectivity index (χ1n) is 9.75. The lowest BCUT2D eigenvalue weighted by Crippen LogP contribution is -2.63. The molecular formula is C20H27NO4S. The molecule has 0 radical (unpaired) electrons. The maximum Gasteiger partial charge on any atom is 0.221 e. The van der Waals surface area contributed by atoms with Crippen LogP contribution in [0.4, 0.5) is 0 Å². The van der Waals surface area contributed by atoms with Gasteiger partial charge in [-0.2, -0.15) is 0 Å². The van der Waals surface area contributed by atoms with Crippen molar-refractivity contribution in [2.75, 3.05) is 12.4 Å². The second kappa shape index (κ2) is 7.31. The van der Waals surface area contributed by atoms with Crippen molar-refractivity contribution in [1.29, 1.82) is 0 Å². The number of amides is 1. The Morgan fingerprint density at radius 1 is 1.12 bits per heavy atom. The first kappa shape index (κ1) is 18.0. The van der Waals surface area contributed by atoms with Gasteiger partial charge in [0, 0.05) is 30.9 Å². The fourth-order valence-corrected chi connectivity index (χ4v) is 6.35. The maximum atomic E-state index is 12.5. The van der Waals surface area contributed by atoms with Gasteiger partial charge in [0.25, 0.3) is 0 Å². The second-order valence-corrected chi connectivity index (χ2v) is 9.99. The normalized spacial score (nSPS) is 31.4. The van der Waals surface area contributed by atoms with Crippen molar-refractivity contribution in [3.63, 3.8) is 0 Å². The van der Waals surface area contributed by atoms with Crippen molar-refractivity contribution in [2.24, 2.45) is 17.8 Å². The van der Waals surface area contributed by atoms with Crippen molar-refractivity contribution in [1.82, 2.24) is 5.32 Å². The second-order valence-electron chi connectivity index (χ2n) is 7.89. The summed E-state index contributed by atoms with van der Waals surface area (Å²) in [5.74, 6) is 1.18. The summed E-state index contributed by atoms with van der Waals surface area (Å²) in [7, 11) is -3.41. The summed E-state index contributed by atoms with van der Waals surface area (Å²) in [6, 6.07) is 8.51. The van der Waals surface area contributed by atoms with E-state index < -0.39 is 9.84 Å². The van der Waals surface area contributed by atoms with Gasteiger partial charge in [-0.15, -0.1) is 0 Å². The molecule has 5 nitrogen and oxygen atoms in total. The Bertz CT molecular complexity index is 738.